The van der Waals surface area contributed by atoms with Crippen molar-refractivity contribution in [1.29, 1.82) is 0 Å². The van der Waals surface area contributed by atoms with Gasteiger partial charge in [-0.1, -0.05) is 0 Å². The maximum atomic E-state index is 11.8. The van der Waals surface area contributed by atoms with E-state index in [4.69, 9.17) is 5.73 Å². The van der Waals surface area contributed by atoms with Gasteiger partial charge in [0.15, 0.2) is 0 Å². The third-order valence-corrected chi connectivity index (χ3v) is 3.24. The molecule has 0 unspecified atom stereocenters. The summed E-state index contributed by atoms with van der Waals surface area (Å²) in [6.45, 7) is 0. The minimum absolute atomic E-state index is 0.116. The summed E-state index contributed by atoms with van der Waals surface area (Å²) in [4.78, 5) is 23.5. The Hall–Kier alpha value is -2.04. The highest BCUT2D eigenvalue weighted by Gasteiger charge is 2.27. The highest BCUT2D eigenvalue weighted by Crippen LogP contribution is 2.33. The molecule has 0 saturated heterocycles. The minimum atomic E-state index is -0.609. The second-order valence-corrected chi connectivity index (χ2v) is 4.19. The largest absolute Gasteiger partial charge is 0.465 e. The molecule has 0 fully saturated rings. The van der Waals surface area contributed by atoms with Crippen LogP contribution in [0.15, 0.2) is 6.07 Å². The van der Waals surface area contributed by atoms with Crippen LogP contribution in [0.4, 0.5) is 5.69 Å². The topological polar surface area (TPSA) is 78.6 Å². The molecule has 0 spiro atoms. The number of fused-ring (bicyclic) bond motifs is 1. The zero-order valence-corrected chi connectivity index (χ0v) is 10.4. The van der Waals surface area contributed by atoms with Crippen LogP contribution in [0.5, 0.6) is 0 Å². The van der Waals surface area contributed by atoms with Gasteiger partial charge >= 0.3 is 11.9 Å². The Bertz CT molecular complexity index is 522. The SMILES string of the molecule is COC(=O)c1cc2c(c(N)c1C(=O)OC)CCC2. The summed E-state index contributed by atoms with van der Waals surface area (Å²) in [6.07, 6.45) is 2.67. The molecule has 0 saturated carbocycles. The number of nitrogen functional groups attached to an aromatic ring is 1. The van der Waals surface area contributed by atoms with Crippen molar-refractivity contribution < 1.29 is 19.1 Å². The zero-order valence-electron chi connectivity index (χ0n) is 10.4. The molecule has 1 aliphatic carbocycles. The average molecular weight is 249 g/mol. The summed E-state index contributed by atoms with van der Waals surface area (Å²) < 4.78 is 9.37. The highest BCUT2D eigenvalue weighted by molar-refractivity contribution is 6.07. The molecule has 0 amide bonds. The van der Waals surface area contributed by atoms with Crippen LogP contribution in [0.1, 0.15) is 38.3 Å². The van der Waals surface area contributed by atoms with Crippen LogP contribution in [0.3, 0.4) is 0 Å². The van der Waals surface area contributed by atoms with Crippen molar-refractivity contribution in [1.82, 2.24) is 0 Å². The van der Waals surface area contributed by atoms with Gasteiger partial charge in [-0.15, -0.1) is 0 Å². The lowest BCUT2D eigenvalue weighted by molar-refractivity contribution is 0.0556. The van der Waals surface area contributed by atoms with E-state index in [0.717, 1.165) is 30.4 Å². The number of aryl methyl sites for hydroxylation is 1. The van der Waals surface area contributed by atoms with Gasteiger partial charge in [0.2, 0.25) is 0 Å². The van der Waals surface area contributed by atoms with E-state index in [9.17, 15) is 9.59 Å². The van der Waals surface area contributed by atoms with Gasteiger partial charge < -0.3 is 15.2 Å². The van der Waals surface area contributed by atoms with Gasteiger partial charge in [0.1, 0.15) is 0 Å². The molecule has 2 N–H and O–H groups in total. The number of ether oxygens (including phenoxy) is 2. The smallest absolute Gasteiger partial charge is 0.340 e. The summed E-state index contributed by atoms with van der Waals surface area (Å²) >= 11 is 0. The predicted molar refractivity (Wildman–Crippen MR) is 65.6 cm³/mol. The molecule has 18 heavy (non-hydrogen) atoms. The number of esters is 2. The minimum Gasteiger partial charge on any atom is -0.465 e. The highest BCUT2D eigenvalue weighted by atomic mass is 16.5. The fourth-order valence-corrected chi connectivity index (χ4v) is 2.37. The normalized spacial score (nSPS) is 13.0. The van der Waals surface area contributed by atoms with Gasteiger partial charge in [0.05, 0.1) is 31.0 Å². The maximum Gasteiger partial charge on any atom is 0.340 e. The molecule has 0 bridgehead atoms. The Balaban J connectivity index is 2.67. The predicted octanol–water partition coefficient (Wildman–Crippen LogP) is 1.33. The Morgan fingerprint density at radius 1 is 1.17 bits per heavy atom. The Morgan fingerprint density at radius 2 is 1.83 bits per heavy atom. The number of hydrogen-bond acceptors (Lipinski definition) is 5. The standard InChI is InChI=1S/C13H15NO4/c1-17-12(15)9-6-7-4-3-5-8(7)11(14)10(9)13(16)18-2/h6H,3-5,14H2,1-2H3. The van der Waals surface area contributed by atoms with E-state index in [1.54, 1.807) is 6.07 Å². The molecule has 1 aliphatic rings. The lowest BCUT2D eigenvalue weighted by Gasteiger charge is -2.13. The fourth-order valence-electron chi connectivity index (χ4n) is 2.37. The molecule has 0 radical (unpaired) electrons. The van der Waals surface area contributed by atoms with Crippen LogP contribution in [-0.2, 0) is 22.3 Å². The van der Waals surface area contributed by atoms with Crippen molar-refractivity contribution >= 4 is 17.6 Å². The van der Waals surface area contributed by atoms with Crippen LogP contribution < -0.4 is 5.73 Å². The fraction of sp³-hybridized carbons (Fsp3) is 0.385. The number of rotatable bonds is 2. The number of carbonyl (C=O) groups is 2. The molecular weight excluding hydrogens is 234 g/mol. The van der Waals surface area contributed by atoms with Crippen molar-refractivity contribution in [2.45, 2.75) is 19.3 Å². The van der Waals surface area contributed by atoms with Crippen molar-refractivity contribution in [3.63, 3.8) is 0 Å². The third-order valence-electron chi connectivity index (χ3n) is 3.24. The summed E-state index contributed by atoms with van der Waals surface area (Å²) in [6, 6.07) is 1.69. The Morgan fingerprint density at radius 3 is 2.44 bits per heavy atom. The van der Waals surface area contributed by atoms with Crippen LogP contribution >= 0.6 is 0 Å². The molecule has 0 atom stereocenters. The number of benzene rings is 1. The molecule has 2 rings (SSSR count). The van der Waals surface area contributed by atoms with E-state index in [-0.39, 0.29) is 11.1 Å². The Labute approximate surface area is 105 Å². The van der Waals surface area contributed by atoms with Crippen molar-refractivity contribution in [2.75, 3.05) is 20.0 Å². The lowest BCUT2D eigenvalue weighted by atomic mass is 9.97. The molecule has 0 aliphatic heterocycles. The van der Waals surface area contributed by atoms with Gasteiger partial charge in [-0.3, -0.25) is 0 Å². The third kappa shape index (κ3) is 1.81. The Kier molecular flexibility index (Phi) is 3.23. The average Bonchev–Trinajstić information content (AvgIpc) is 2.85. The second kappa shape index (κ2) is 4.68. The van der Waals surface area contributed by atoms with Crippen LogP contribution in [0, 0.1) is 0 Å². The van der Waals surface area contributed by atoms with E-state index in [1.165, 1.54) is 14.2 Å². The molecular formula is C13H15NO4. The molecule has 96 valence electrons. The van der Waals surface area contributed by atoms with Gasteiger partial charge in [-0.2, -0.15) is 0 Å². The van der Waals surface area contributed by atoms with Gasteiger partial charge in [0, 0.05) is 0 Å². The summed E-state index contributed by atoms with van der Waals surface area (Å²) in [5.74, 6) is -1.18. The summed E-state index contributed by atoms with van der Waals surface area (Å²) in [7, 11) is 2.53. The first-order chi connectivity index (χ1) is 8.60. The van der Waals surface area contributed by atoms with E-state index in [2.05, 4.69) is 9.47 Å². The first kappa shape index (κ1) is 12.4. The first-order valence-corrected chi connectivity index (χ1v) is 5.71. The molecule has 1 aromatic rings. The number of nitrogens with two attached hydrogens (primary N) is 1. The van der Waals surface area contributed by atoms with Crippen molar-refractivity contribution in [3.05, 3.63) is 28.3 Å². The van der Waals surface area contributed by atoms with Crippen LogP contribution in [0.2, 0.25) is 0 Å². The molecule has 0 aromatic heterocycles. The monoisotopic (exact) mass is 249 g/mol. The van der Waals surface area contributed by atoms with Crippen LogP contribution in [0.25, 0.3) is 0 Å². The second-order valence-electron chi connectivity index (χ2n) is 4.19. The molecule has 5 nitrogen and oxygen atoms in total. The van der Waals surface area contributed by atoms with E-state index < -0.39 is 11.9 Å². The number of carbonyl (C=O) groups excluding carboxylic acids is 2. The van der Waals surface area contributed by atoms with Crippen LogP contribution in [-0.4, -0.2) is 26.2 Å². The molecule has 5 heteroatoms. The number of methoxy groups -OCH3 is 2. The number of hydrogen-bond donors (Lipinski definition) is 1. The maximum absolute atomic E-state index is 11.8. The van der Waals surface area contributed by atoms with Gasteiger partial charge in [0.25, 0.3) is 0 Å². The van der Waals surface area contributed by atoms with E-state index >= 15 is 0 Å². The molecule has 0 heterocycles. The van der Waals surface area contributed by atoms with E-state index in [1.807, 2.05) is 0 Å². The number of anilines is 1. The lowest BCUT2D eigenvalue weighted by Crippen LogP contribution is -2.16. The zero-order chi connectivity index (χ0) is 13.3. The van der Waals surface area contributed by atoms with Gasteiger partial charge in [-0.25, -0.2) is 9.59 Å². The summed E-state index contributed by atoms with van der Waals surface area (Å²) in [5.41, 5.74) is 8.60. The molecule has 1 aromatic carbocycles. The van der Waals surface area contributed by atoms with Crippen molar-refractivity contribution in [3.8, 4) is 0 Å². The first-order valence-electron chi connectivity index (χ1n) is 5.71. The van der Waals surface area contributed by atoms with Crippen molar-refractivity contribution in [2.24, 2.45) is 0 Å². The quantitative estimate of drug-likeness (QED) is 0.632. The summed E-state index contributed by atoms with van der Waals surface area (Å²) in [5, 5.41) is 0. The van der Waals surface area contributed by atoms with E-state index in [0.29, 0.717) is 5.69 Å². The van der Waals surface area contributed by atoms with Gasteiger partial charge in [-0.05, 0) is 36.5 Å².